The van der Waals surface area contributed by atoms with Crippen molar-refractivity contribution in [2.75, 3.05) is 0 Å². The fourth-order valence-corrected chi connectivity index (χ4v) is 1.42. The van der Waals surface area contributed by atoms with E-state index in [0.717, 1.165) is 4.47 Å². The van der Waals surface area contributed by atoms with Gasteiger partial charge in [0.1, 0.15) is 11.6 Å². The Morgan fingerprint density at radius 3 is 2.59 bits per heavy atom. The molecule has 1 heterocycles. The highest BCUT2D eigenvalue weighted by atomic mass is 79.9. The number of rotatable bonds is 3. The van der Waals surface area contributed by atoms with Gasteiger partial charge in [-0.1, -0.05) is 6.07 Å². The molecule has 0 unspecified atom stereocenters. The van der Waals surface area contributed by atoms with E-state index in [4.69, 9.17) is 10.5 Å². The first-order valence-corrected chi connectivity index (χ1v) is 5.62. The number of hydrogen-bond donors (Lipinski definition) is 1. The lowest BCUT2D eigenvalue weighted by atomic mass is 10.2. The van der Waals surface area contributed by atoms with Crippen molar-refractivity contribution < 1.29 is 9.13 Å². The molecule has 2 rings (SSSR count). The van der Waals surface area contributed by atoms with E-state index >= 15 is 0 Å². The van der Waals surface area contributed by atoms with Gasteiger partial charge in [0.05, 0.1) is 4.47 Å². The molecule has 1 aromatic carbocycles. The van der Waals surface area contributed by atoms with E-state index in [1.54, 1.807) is 24.5 Å². The van der Waals surface area contributed by atoms with Crippen LogP contribution in [0.25, 0.3) is 0 Å². The van der Waals surface area contributed by atoms with Crippen molar-refractivity contribution in [3.05, 3.63) is 46.4 Å². The van der Waals surface area contributed by atoms with E-state index in [1.807, 2.05) is 0 Å². The summed E-state index contributed by atoms with van der Waals surface area (Å²) < 4.78 is 19.4. The Hall–Kier alpha value is -1.53. The molecule has 1 aromatic heterocycles. The average Bonchev–Trinajstić information content (AvgIpc) is 2.32. The summed E-state index contributed by atoms with van der Waals surface area (Å²) in [5, 5.41) is 0. The zero-order valence-electron chi connectivity index (χ0n) is 8.73. The Morgan fingerprint density at radius 2 is 2.00 bits per heavy atom. The monoisotopic (exact) mass is 297 g/mol. The Morgan fingerprint density at radius 1 is 1.29 bits per heavy atom. The number of aromatic nitrogens is 2. The van der Waals surface area contributed by atoms with Crippen LogP contribution in [0.15, 0.2) is 35.1 Å². The lowest BCUT2D eigenvalue weighted by Gasteiger charge is -2.05. The fraction of sp³-hybridized carbons (Fsp3) is 0.0909. The molecule has 0 saturated heterocycles. The SMILES string of the molecule is NCc1ccc(Oc2ncc(Br)cn2)cc1F. The lowest BCUT2D eigenvalue weighted by Crippen LogP contribution is -2.00. The Labute approximate surface area is 106 Å². The van der Waals surface area contributed by atoms with Crippen LogP contribution < -0.4 is 10.5 Å². The van der Waals surface area contributed by atoms with E-state index in [9.17, 15) is 4.39 Å². The van der Waals surface area contributed by atoms with Gasteiger partial charge in [0.25, 0.3) is 0 Å². The Balaban J connectivity index is 2.19. The largest absolute Gasteiger partial charge is 0.424 e. The van der Waals surface area contributed by atoms with Crippen molar-refractivity contribution in [1.29, 1.82) is 0 Å². The third-order valence-electron chi connectivity index (χ3n) is 2.05. The van der Waals surface area contributed by atoms with E-state index in [-0.39, 0.29) is 12.6 Å². The third-order valence-corrected chi connectivity index (χ3v) is 2.46. The molecule has 6 heteroatoms. The lowest BCUT2D eigenvalue weighted by molar-refractivity contribution is 0.436. The number of benzene rings is 1. The highest BCUT2D eigenvalue weighted by Crippen LogP contribution is 2.21. The summed E-state index contributed by atoms with van der Waals surface area (Å²) in [6.07, 6.45) is 3.10. The maximum Gasteiger partial charge on any atom is 0.321 e. The van der Waals surface area contributed by atoms with Crippen LogP contribution in [0, 0.1) is 5.82 Å². The summed E-state index contributed by atoms with van der Waals surface area (Å²) in [5.41, 5.74) is 5.80. The first-order valence-electron chi connectivity index (χ1n) is 4.83. The molecule has 0 atom stereocenters. The molecule has 2 aromatic rings. The maximum absolute atomic E-state index is 13.4. The van der Waals surface area contributed by atoms with E-state index in [0.29, 0.717) is 11.3 Å². The first kappa shape index (κ1) is 11.9. The van der Waals surface area contributed by atoms with Gasteiger partial charge in [-0.05, 0) is 22.0 Å². The van der Waals surface area contributed by atoms with Crippen molar-refractivity contribution in [1.82, 2.24) is 9.97 Å². The van der Waals surface area contributed by atoms with Crippen LogP contribution in [0.2, 0.25) is 0 Å². The second kappa shape index (κ2) is 5.20. The van der Waals surface area contributed by atoms with E-state index in [2.05, 4.69) is 25.9 Å². The van der Waals surface area contributed by atoms with Crippen LogP contribution >= 0.6 is 15.9 Å². The van der Waals surface area contributed by atoms with Crippen molar-refractivity contribution in [2.45, 2.75) is 6.54 Å². The summed E-state index contributed by atoms with van der Waals surface area (Å²) in [7, 11) is 0. The van der Waals surface area contributed by atoms with Crippen LogP contribution in [-0.4, -0.2) is 9.97 Å². The van der Waals surface area contributed by atoms with Crippen LogP contribution in [0.1, 0.15) is 5.56 Å². The third kappa shape index (κ3) is 2.98. The second-order valence-corrected chi connectivity index (χ2v) is 4.16. The number of nitrogens with two attached hydrogens (primary N) is 1. The van der Waals surface area contributed by atoms with Gasteiger partial charge in [-0.25, -0.2) is 14.4 Å². The molecule has 0 aliphatic carbocycles. The highest BCUT2D eigenvalue weighted by molar-refractivity contribution is 9.10. The molecule has 2 N–H and O–H groups in total. The molecule has 88 valence electrons. The fourth-order valence-electron chi connectivity index (χ4n) is 1.22. The van der Waals surface area contributed by atoms with E-state index in [1.165, 1.54) is 6.07 Å². The van der Waals surface area contributed by atoms with Crippen LogP contribution in [0.4, 0.5) is 4.39 Å². The van der Waals surface area contributed by atoms with Gasteiger partial charge in [-0.15, -0.1) is 0 Å². The molecule has 0 aliphatic rings. The minimum absolute atomic E-state index is 0.154. The van der Waals surface area contributed by atoms with Gasteiger partial charge in [0, 0.05) is 30.6 Å². The van der Waals surface area contributed by atoms with Crippen LogP contribution in [0.5, 0.6) is 11.8 Å². The van der Waals surface area contributed by atoms with Crippen molar-refractivity contribution in [2.24, 2.45) is 5.73 Å². The van der Waals surface area contributed by atoms with Gasteiger partial charge in [0.2, 0.25) is 0 Å². The normalized spacial score (nSPS) is 10.3. The van der Waals surface area contributed by atoms with Gasteiger partial charge in [-0.3, -0.25) is 0 Å². The number of ether oxygens (including phenoxy) is 1. The quantitative estimate of drug-likeness (QED) is 0.946. The molecule has 0 spiro atoms. The standard InChI is InChI=1S/C11H9BrFN3O/c12-8-5-15-11(16-6-8)17-9-2-1-7(4-14)10(13)3-9/h1-3,5-6H,4,14H2. The van der Waals surface area contributed by atoms with Crippen molar-refractivity contribution >= 4 is 15.9 Å². The molecule has 0 amide bonds. The van der Waals surface area contributed by atoms with Gasteiger partial charge < -0.3 is 10.5 Å². The molecular formula is C11H9BrFN3O. The smallest absolute Gasteiger partial charge is 0.321 e. The zero-order chi connectivity index (χ0) is 12.3. The molecule has 0 aliphatic heterocycles. The maximum atomic E-state index is 13.4. The number of nitrogens with zero attached hydrogens (tertiary/aromatic N) is 2. The van der Waals surface area contributed by atoms with E-state index < -0.39 is 5.82 Å². The summed E-state index contributed by atoms with van der Waals surface area (Å²) in [6.45, 7) is 0.154. The predicted octanol–water partition coefficient (Wildman–Crippen LogP) is 2.63. The van der Waals surface area contributed by atoms with Crippen LogP contribution in [-0.2, 0) is 6.54 Å². The molecule has 0 radical (unpaired) electrons. The summed E-state index contributed by atoms with van der Waals surface area (Å²) in [5.74, 6) is -0.0656. The minimum atomic E-state index is -0.401. The zero-order valence-corrected chi connectivity index (χ0v) is 10.3. The topological polar surface area (TPSA) is 61.0 Å². The summed E-state index contributed by atoms with van der Waals surface area (Å²) in [6, 6.07) is 4.61. The van der Waals surface area contributed by atoms with Crippen molar-refractivity contribution in [3.63, 3.8) is 0 Å². The van der Waals surface area contributed by atoms with Crippen molar-refractivity contribution in [3.8, 4) is 11.8 Å². The first-order chi connectivity index (χ1) is 8.19. The Bertz CT molecular complexity index is 519. The molecule has 4 nitrogen and oxygen atoms in total. The predicted molar refractivity (Wildman–Crippen MR) is 64.1 cm³/mol. The molecule has 17 heavy (non-hydrogen) atoms. The molecule has 0 saturated carbocycles. The minimum Gasteiger partial charge on any atom is -0.424 e. The van der Waals surface area contributed by atoms with Gasteiger partial charge in [0.15, 0.2) is 0 Å². The highest BCUT2D eigenvalue weighted by Gasteiger charge is 2.05. The summed E-state index contributed by atoms with van der Waals surface area (Å²) in [4.78, 5) is 7.84. The number of halogens is 2. The number of hydrogen-bond acceptors (Lipinski definition) is 4. The van der Waals surface area contributed by atoms with Gasteiger partial charge in [-0.2, -0.15) is 0 Å². The van der Waals surface area contributed by atoms with Gasteiger partial charge >= 0.3 is 6.01 Å². The Kier molecular flexibility index (Phi) is 3.65. The second-order valence-electron chi connectivity index (χ2n) is 3.24. The summed E-state index contributed by atoms with van der Waals surface area (Å²) >= 11 is 3.21. The molecular weight excluding hydrogens is 289 g/mol. The molecule has 0 bridgehead atoms. The average molecular weight is 298 g/mol. The van der Waals surface area contributed by atoms with Crippen LogP contribution in [0.3, 0.4) is 0 Å². The molecule has 0 fully saturated rings.